The van der Waals surface area contributed by atoms with Crippen molar-refractivity contribution in [1.29, 1.82) is 5.26 Å². The van der Waals surface area contributed by atoms with Crippen molar-refractivity contribution in [3.8, 4) is 23.1 Å². The molecule has 4 aromatic rings. The second-order valence-corrected chi connectivity index (χ2v) is 8.18. The van der Waals surface area contributed by atoms with E-state index in [1.807, 2.05) is 0 Å². The molecule has 3 aromatic heterocycles. The number of fused-ring (bicyclic) bond motifs is 2. The molecule has 0 aliphatic rings. The maximum absolute atomic E-state index is 15.1. The third-order valence-corrected chi connectivity index (χ3v) is 5.14. The highest BCUT2D eigenvalue weighted by Crippen LogP contribution is 2.35. The number of methoxy groups -OCH3 is 1. The Hall–Kier alpha value is -3.81. The van der Waals surface area contributed by atoms with Gasteiger partial charge in [-0.15, -0.1) is 10.2 Å². The lowest BCUT2D eigenvalue weighted by Crippen LogP contribution is -2.22. The Labute approximate surface area is 182 Å². The van der Waals surface area contributed by atoms with E-state index in [1.165, 1.54) is 22.5 Å². The molecule has 0 aliphatic carbocycles. The zero-order valence-electron chi connectivity index (χ0n) is 18.1. The van der Waals surface area contributed by atoms with Crippen molar-refractivity contribution in [2.24, 2.45) is 5.41 Å². The maximum Gasteiger partial charge on any atom is 0.244 e. The molecule has 0 fully saturated rings. The molecule has 0 saturated carbocycles. The van der Waals surface area contributed by atoms with Gasteiger partial charge in [0.1, 0.15) is 17.7 Å². The number of alkyl halides is 1. The number of benzene rings is 1. The van der Waals surface area contributed by atoms with Crippen LogP contribution in [0.3, 0.4) is 0 Å². The van der Waals surface area contributed by atoms with E-state index in [-0.39, 0.29) is 17.4 Å². The maximum atomic E-state index is 15.1. The van der Waals surface area contributed by atoms with Crippen LogP contribution < -0.4 is 10.1 Å². The van der Waals surface area contributed by atoms with Crippen LogP contribution in [-0.4, -0.2) is 49.9 Å². The van der Waals surface area contributed by atoms with Crippen molar-refractivity contribution >= 4 is 22.5 Å². The first-order valence-electron chi connectivity index (χ1n) is 9.97. The highest BCUT2D eigenvalue weighted by molar-refractivity contribution is 5.89. The van der Waals surface area contributed by atoms with Crippen LogP contribution in [0, 0.1) is 22.6 Å². The van der Waals surface area contributed by atoms with Crippen LogP contribution >= 0.6 is 0 Å². The minimum atomic E-state index is -0.637. The number of nitriles is 1. The van der Waals surface area contributed by atoms with Crippen LogP contribution in [0.2, 0.25) is 0 Å². The Balaban J connectivity index is 1.83. The number of nitrogens with one attached hydrogen (secondary N) is 1. The van der Waals surface area contributed by atoms with Crippen LogP contribution in [0.1, 0.15) is 26.8 Å². The first kappa shape index (κ1) is 21.4. The normalized spacial score (nSPS) is 12.8. The number of aromatic nitrogens is 6. The first-order valence-corrected chi connectivity index (χ1v) is 9.97. The van der Waals surface area contributed by atoms with Crippen LogP contribution in [0.4, 0.5) is 14.7 Å². The van der Waals surface area contributed by atoms with Crippen LogP contribution in [0.25, 0.3) is 27.7 Å². The Kier molecular flexibility index (Phi) is 5.38. The molecule has 0 aliphatic heterocycles. The summed E-state index contributed by atoms with van der Waals surface area (Å²) in [5.41, 5.74) is 1.64. The highest BCUT2D eigenvalue weighted by Gasteiger charge is 2.23. The van der Waals surface area contributed by atoms with E-state index in [0.717, 1.165) is 0 Å². The predicted octanol–water partition coefficient (Wildman–Crippen LogP) is 3.78. The molecular formula is C21H22F2N8O. The zero-order valence-corrected chi connectivity index (χ0v) is 18.1. The molecule has 11 heteroatoms. The van der Waals surface area contributed by atoms with E-state index < -0.39 is 23.9 Å². The number of hydrogen-bond acceptors (Lipinski definition) is 7. The second kappa shape index (κ2) is 8.03. The Morgan fingerprint density at radius 1 is 1.34 bits per heavy atom. The van der Waals surface area contributed by atoms with Gasteiger partial charge in [-0.3, -0.25) is 0 Å². The highest BCUT2D eigenvalue weighted by atomic mass is 19.1. The van der Waals surface area contributed by atoms with E-state index in [1.54, 1.807) is 39.0 Å². The lowest BCUT2D eigenvalue weighted by atomic mass is 9.96. The average Bonchev–Trinajstić information content (AvgIpc) is 3.36. The van der Waals surface area contributed by atoms with Crippen molar-refractivity contribution in [3.05, 3.63) is 30.2 Å². The number of nitrogens with zero attached hydrogens (tertiary/aromatic N) is 7. The summed E-state index contributed by atoms with van der Waals surface area (Å²) < 4.78 is 36.6. The minimum Gasteiger partial charge on any atom is -0.479 e. The molecule has 4 rings (SSSR count). The second-order valence-electron chi connectivity index (χ2n) is 8.18. The van der Waals surface area contributed by atoms with E-state index in [0.29, 0.717) is 28.7 Å². The summed E-state index contributed by atoms with van der Waals surface area (Å²) in [5, 5.41) is 24.6. The van der Waals surface area contributed by atoms with Gasteiger partial charge < -0.3 is 10.1 Å². The van der Waals surface area contributed by atoms with Crippen molar-refractivity contribution in [2.45, 2.75) is 26.8 Å². The third kappa shape index (κ3) is 3.68. The lowest BCUT2D eigenvalue weighted by Gasteiger charge is -2.16. The summed E-state index contributed by atoms with van der Waals surface area (Å²) in [4.78, 5) is 4.35. The number of hydrogen-bond donors (Lipinski definition) is 1. The lowest BCUT2D eigenvalue weighted by molar-refractivity contribution is 0.357. The molecule has 0 unspecified atom stereocenters. The molecule has 9 nitrogen and oxygen atoms in total. The van der Waals surface area contributed by atoms with Gasteiger partial charge in [-0.2, -0.15) is 10.2 Å². The molecule has 1 atom stereocenters. The molecule has 0 radical (unpaired) electrons. The van der Waals surface area contributed by atoms with Gasteiger partial charge in [-0.25, -0.2) is 18.0 Å². The Morgan fingerprint density at radius 3 is 2.81 bits per heavy atom. The van der Waals surface area contributed by atoms with Crippen LogP contribution in [-0.2, 0) is 0 Å². The summed E-state index contributed by atoms with van der Waals surface area (Å²) in [7, 11) is 1.44. The monoisotopic (exact) mass is 440 g/mol. The van der Waals surface area contributed by atoms with Gasteiger partial charge >= 0.3 is 0 Å². The third-order valence-electron chi connectivity index (χ3n) is 5.14. The van der Waals surface area contributed by atoms with Gasteiger partial charge in [0.25, 0.3) is 0 Å². The minimum absolute atomic E-state index is 0.167. The number of rotatable bonds is 7. The largest absolute Gasteiger partial charge is 0.479 e. The number of halogens is 2. The van der Waals surface area contributed by atoms with E-state index in [2.05, 4.69) is 31.8 Å². The number of anilines is 1. The molecule has 1 N–H and O–H groups in total. The molecule has 166 valence electrons. The van der Waals surface area contributed by atoms with E-state index in [4.69, 9.17) is 4.74 Å². The quantitative estimate of drug-likeness (QED) is 0.466. The topological polar surface area (TPSA) is 106 Å². The standard InChI is InChI=1S/C21H22F2N8O/c1-12(8-22)31-16-7-13(5-6-15(16)27-29-31)17-14(23)9-30-18(17)19(32-4)26-20(28-30)25-11-21(2,3)10-24/h5-7,9,12H,8,11H2,1-4H3,(H,25,28)/t12-/m1/s1. The molecule has 0 saturated heterocycles. The first-order chi connectivity index (χ1) is 15.3. The summed E-state index contributed by atoms with van der Waals surface area (Å²) >= 11 is 0. The van der Waals surface area contributed by atoms with Gasteiger partial charge in [0.15, 0.2) is 5.82 Å². The molecule has 32 heavy (non-hydrogen) atoms. The Morgan fingerprint density at radius 2 is 2.12 bits per heavy atom. The number of ether oxygens (including phenoxy) is 1. The van der Waals surface area contributed by atoms with Crippen molar-refractivity contribution in [3.63, 3.8) is 0 Å². The van der Waals surface area contributed by atoms with Gasteiger partial charge in [0, 0.05) is 6.54 Å². The van der Waals surface area contributed by atoms with Crippen molar-refractivity contribution in [1.82, 2.24) is 29.6 Å². The van der Waals surface area contributed by atoms with Gasteiger partial charge in [-0.05, 0) is 38.5 Å². The van der Waals surface area contributed by atoms with Crippen LogP contribution in [0.5, 0.6) is 5.88 Å². The molecule has 0 bridgehead atoms. The smallest absolute Gasteiger partial charge is 0.244 e. The van der Waals surface area contributed by atoms with Crippen molar-refractivity contribution in [2.75, 3.05) is 25.6 Å². The SMILES string of the molecule is COc1nc(NCC(C)(C)C#N)nn2cc(F)c(-c3ccc4nnn([C@H](C)CF)c4c3)c12. The fourth-order valence-corrected chi connectivity index (χ4v) is 3.34. The Bertz CT molecular complexity index is 1340. The molecule has 3 heterocycles. The fourth-order valence-electron chi connectivity index (χ4n) is 3.34. The predicted molar refractivity (Wildman–Crippen MR) is 115 cm³/mol. The van der Waals surface area contributed by atoms with E-state index >= 15 is 4.39 Å². The van der Waals surface area contributed by atoms with Gasteiger partial charge in [0.2, 0.25) is 11.8 Å². The molecule has 0 spiro atoms. The van der Waals surface area contributed by atoms with Crippen molar-refractivity contribution < 1.29 is 13.5 Å². The van der Waals surface area contributed by atoms with Crippen LogP contribution in [0.15, 0.2) is 24.4 Å². The summed E-state index contributed by atoms with van der Waals surface area (Å²) in [6.45, 7) is 4.95. The zero-order chi connectivity index (χ0) is 23.0. The van der Waals surface area contributed by atoms with Gasteiger partial charge in [0.05, 0.1) is 41.9 Å². The summed E-state index contributed by atoms with van der Waals surface area (Å²) in [6, 6.07) is 6.81. The van der Waals surface area contributed by atoms with Gasteiger partial charge in [-0.1, -0.05) is 11.3 Å². The van der Waals surface area contributed by atoms with E-state index in [9.17, 15) is 9.65 Å². The summed E-state index contributed by atoms with van der Waals surface area (Å²) in [5.74, 6) is -0.155. The average molecular weight is 440 g/mol. The summed E-state index contributed by atoms with van der Waals surface area (Å²) in [6.07, 6.45) is 1.24. The molecule has 1 aromatic carbocycles. The fraction of sp³-hybridized carbons (Fsp3) is 0.381. The molecular weight excluding hydrogens is 418 g/mol. The molecule has 0 amide bonds.